The lowest BCUT2D eigenvalue weighted by molar-refractivity contribution is 0.0596. The molecule has 0 aliphatic heterocycles. The SMILES string of the molecule is COC(=O)c1nc(N)sc1-c1cccc2ccccc12. The van der Waals surface area contributed by atoms with Crippen LogP contribution in [-0.2, 0) is 4.74 Å². The predicted molar refractivity (Wildman–Crippen MR) is 80.8 cm³/mol. The van der Waals surface area contributed by atoms with Gasteiger partial charge in [-0.15, -0.1) is 0 Å². The fourth-order valence-corrected chi connectivity index (χ4v) is 3.04. The molecule has 4 nitrogen and oxygen atoms in total. The Balaban J connectivity index is 2.29. The van der Waals surface area contributed by atoms with E-state index in [2.05, 4.69) is 4.98 Å². The molecule has 0 unspecified atom stereocenters. The number of methoxy groups -OCH3 is 1. The smallest absolute Gasteiger partial charge is 0.358 e. The van der Waals surface area contributed by atoms with Crippen molar-refractivity contribution in [3.05, 3.63) is 48.2 Å². The lowest BCUT2D eigenvalue weighted by Gasteiger charge is -2.05. The Bertz CT molecular complexity index is 790. The van der Waals surface area contributed by atoms with Crippen LogP contribution < -0.4 is 5.73 Å². The summed E-state index contributed by atoms with van der Waals surface area (Å²) in [4.78, 5) is 16.7. The Morgan fingerprint density at radius 3 is 2.75 bits per heavy atom. The van der Waals surface area contributed by atoms with E-state index >= 15 is 0 Å². The van der Waals surface area contributed by atoms with Gasteiger partial charge >= 0.3 is 5.97 Å². The third-order valence-corrected chi connectivity index (χ3v) is 3.97. The molecule has 0 saturated carbocycles. The van der Waals surface area contributed by atoms with E-state index in [0.29, 0.717) is 5.13 Å². The van der Waals surface area contributed by atoms with Crippen molar-refractivity contribution >= 4 is 33.2 Å². The Kier molecular flexibility index (Phi) is 3.12. The number of fused-ring (bicyclic) bond motifs is 1. The van der Waals surface area contributed by atoms with Crippen molar-refractivity contribution in [1.29, 1.82) is 0 Å². The maximum absolute atomic E-state index is 11.8. The van der Waals surface area contributed by atoms with E-state index in [1.807, 2.05) is 42.5 Å². The Morgan fingerprint density at radius 2 is 1.95 bits per heavy atom. The Hall–Kier alpha value is -2.40. The molecule has 0 bridgehead atoms. The standard InChI is InChI=1S/C15H12N2O2S/c1-19-14(18)12-13(20-15(16)17-12)11-8-4-6-9-5-2-3-7-10(9)11/h2-8H,1H3,(H2,16,17). The number of hydrogen-bond acceptors (Lipinski definition) is 5. The molecule has 3 rings (SSSR count). The second-order valence-corrected chi connectivity index (χ2v) is 5.28. The number of aromatic nitrogens is 1. The highest BCUT2D eigenvalue weighted by atomic mass is 32.1. The third-order valence-electron chi connectivity index (χ3n) is 3.06. The topological polar surface area (TPSA) is 65.2 Å². The monoisotopic (exact) mass is 284 g/mol. The maximum Gasteiger partial charge on any atom is 0.358 e. The Labute approximate surface area is 119 Å². The van der Waals surface area contributed by atoms with Gasteiger partial charge in [-0.25, -0.2) is 9.78 Å². The lowest BCUT2D eigenvalue weighted by Crippen LogP contribution is -2.03. The third kappa shape index (κ3) is 2.02. The summed E-state index contributed by atoms with van der Waals surface area (Å²) in [5, 5.41) is 2.52. The summed E-state index contributed by atoms with van der Waals surface area (Å²) in [5.74, 6) is -0.471. The fourth-order valence-electron chi connectivity index (χ4n) is 2.18. The van der Waals surface area contributed by atoms with Crippen LogP contribution in [0.15, 0.2) is 42.5 Å². The number of anilines is 1. The summed E-state index contributed by atoms with van der Waals surface area (Å²) in [5.41, 5.74) is 6.97. The Morgan fingerprint density at radius 1 is 1.20 bits per heavy atom. The van der Waals surface area contributed by atoms with E-state index in [0.717, 1.165) is 21.2 Å². The first-order valence-corrected chi connectivity index (χ1v) is 6.85. The zero-order chi connectivity index (χ0) is 14.1. The molecule has 2 aromatic carbocycles. The van der Waals surface area contributed by atoms with Crippen LogP contribution in [-0.4, -0.2) is 18.1 Å². The number of benzene rings is 2. The zero-order valence-electron chi connectivity index (χ0n) is 10.8. The van der Waals surface area contributed by atoms with Crippen LogP contribution in [0.1, 0.15) is 10.5 Å². The number of nitrogen functional groups attached to an aromatic ring is 1. The number of carbonyl (C=O) groups is 1. The van der Waals surface area contributed by atoms with Crippen molar-refractivity contribution in [1.82, 2.24) is 4.98 Å². The summed E-state index contributed by atoms with van der Waals surface area (Å²) in [7, 11) is 1.34. The van der Waals surface area contributed by atoms with Crippen molar-refractivity contribution < 1.29 is 9.53 Å². The predicted octanol–water partition coefficient (Wildman–Crippen LogP) is 3.33. The minimum absolute atomic E-state index is 0.270. The average Bonchev–Trinajstić information content (AvgIpc) is 2.87. The molecular formula is C15H12N2O2S. The second kappa shape index (κ2) is 4.94. The molecule has 5 heteroatoms. The number of thiazole rings is 1. The van der Waals surface area contributed by atoms with E-state index in [1.165, 1.54) is 18.4 Å². The van der Waals surface area contributed by atoms with Crippen LogP contribution in [0.3, 0.4) is 0 Å². The van der Waals surface area contributed by atoms with Gasteiger partial charge in [0.05, 0.1) is 12.0 Å². The quantitative estimate of drug-likeness (QED) is 0.733. The van der Waals surface area contributed by atoms with Gasteiger partial charge in [-0.1, -0.05) is 53.8 Å². The normalized spacial score (nSPS) is 10.7. The van der Waals surface area contributed by atoms with Crippen molar-refractivity contribution in [3.8, 4) is 10.4 Å². The van der Waals surface area contributed by atoms with Crippen molar-refractivity contribution in [2.45, 2.75) is 0 Å². The van der Waals surface area contributed by atoms with Crippen molar-refractivity contribution in [2.75, 3.05) is 12.8 Å². The maximum atomic E-state index is 11.8. The molecule has 1 aromatic heterocycles. The molecule has 0 aliphatic rings. The highest BCUT2D eigenvalue weighted by Crippen LogP contribution is 2.36. The van der Waals surface area contributed by atoms with Gasteiger partial charge in [0.1, 0.15) is 0 Å². The van der Waals surface area contributed by atoms with Crippen LogP contribution in [0, 0.1) is 0 Å². The van der Waals surface area contributed by atoms with Gasteiger partial charge in [0, 0.05) is 5.56 Å². The minimum Gasteiger partial charge on any atom is -0.464 e. The summed E-state index contributed by atoms with van der Waals surface area (Å²) in [6.07, 6.45) is 0. The lowest BCUT2D eigenvalue weighted by atomic mass is 10.0. The number of nitrogens with zero attached hydrogens (tertiary/aromatic N) is 1. The average molecular weight is 284 g/mol. The van der Waals surface area contributed by atoms with E-state index < -0.39 is 5.97 Å². The second-order valence-electron chi connectivity index (χ2n) is 4.25. The molecule has 2 N–H and O–H groups in total. The molecule has 0 atom stereocenters. The molecule has 0 radical (unpaired) electrons. The highest BCUT2D eigenvalue weighted by Gasteiger charge is 2.20. The molecule has 1 heterocycles. The number of esters is 1. The van der Waals surface area contributed by atoms with Crippen LogP contribution in [0.2, 0.25) is 0 Å². The number of rotatable bonds is 2. The molecule has 3 aromatic rings. The molecule has 100 valence electrons. The first kappa shape index (κ1) is 12.6. The van der Waals surface area contributed by atoms with E-state index in [4.69, 9.17) is 10.5 Å². The van der Waals surface area contributed by atoms with Crippen LogP contribution in [0.25, 0.3) is 21.2 Å². The number of hydrogen-bond donors (Lipinski definition) is 1. The van der Waals surface area contributed by atoms with Gasteiger partial charge in [-0.05, 0) is 10.8 Å². The molecular weight excluding hydrogens is 272 g/mol. The van der Waals surface area contributed by atoms with Gasteiger partial charge in [-0.3, -0.25) is 0 Å². The van der Waals surface area contributed by atoms with Gasteiger partial charge in [0.2, 0.25) is 0 Å². The van der Waals surface area contributed by atoms with Crippen LogP contribution in [0.5, 0.6) is 0 Å². The van der Waals surface area contributed by atoms with Crippen LogP contribution in [0.4, 0.5) is 5.13 Å². The molecule has 0 amide bonds. The summed E-state index contributed by atoms with van der Waals surface area (Å²) < 4.78 is 4.77. The summed E-state index contributed by atoms with van der Waals surface area (Å²) in [6, 6.07) is 13.9. The zero-order valence-corrected chi connectivity index (χ0v) is 11.6. The van der Waals surface area contributed by atoms with Crippen LogP contribution >= 0.6 is 11.3 Å². The molecule has 20 heavy (non-hydrogen) atoms. The minimum atomic E-state index is -0.471. The van der Waals surface area contributed by atoms with Gasteiger partial charge in [-0.2, -0.15) is 0 Å². The molecule has 0 aliphatic carbocycles. The van der Waals surface area contributed by atoms with Gasteiger partial charge < -0.3 is 10.5 Å². The van der Waals surface area contributed by atoms with Crippen molar-refractivity contribution in [3.63, 3.8) is 0 Å². The molecule has 0 spiro atoms. The number of nitrogens with two attached hydrogens (primary N) is 1. The van der Waals surface area contributed by atoms with E-state index in [-0.39, 0.29) is 5.69 Å². The first-order valence-electron chi connectivity index (χ1n) is 6.03. The summed E-state index contributed by atoms with van der Waals surface area (Å²) >= 11 is 1.29. The van der Waals surface area contributed by atoms with Gasteiger partial charge in [0.15, 0.2) is 10.8 Å². The summed E-state index contributed by atoms with van der Waals surface area (Å²) in [6.45, 7) is 0. The first-order chi connectivity index (χ1) is 9.70. The number of ether oxygens (including phenoxy) is 1. The fraction of sp³-hybridized carbons (Fsp3) is 0.0667. The highest BCUT2D eigenvalue weighted by molar-refractivity contribution is 7.19. The largest absolute Gasteiger partial charge is 0.464 e. The van der Waals surface area contributed by atoms with E-state index in [9.17, 15) is 4.79 Å². The van der Waals surface area contributed by atoms with E-state index in [1.54, 1.807) is 0 Å². The van der Waals surface area contributed by atoms with Gasteiger partial charge in [0.25, 0.3) is 0 Å². The number of carbonyl (C=O) groups excluding carboxylic acids is 1. The van der Waals surface area contributed by atoms with Crippen molar-refractivity contribution in [2.24, 2.45) is 0 Å². The molecule has 0 saturated heterocycles. The molecule has 0 fully saturated rings.